The second-order valence-corrected chi connectivity index (χ2v) is 4.73. The van der Waals surface area contributed by atoms with E-state index in [2.05, 4.69) is 35.1 Å². The highest BCUT2D eigenvalue weighted by atomic mass is 15.3. The quantitative estimate of drug-likeness (QED) is 0.717. The molecule has 0 bridgehead atoms. The summed E-state index contributed by atoms with van der Waals surface area (Å²) in [5.41, 5.74) is 2.93. The fourth-order valence-corrected chi connectivity index (χ4v) is 2.19. The van der Waals surface area contributed by atoms with Crippen molar-refractivity contribution in [2.24, 2.45) is 0 Å². The van der Waals surface area contributed by atoms with Gasteiger partial charge in [0.25, 0.3) is 0 Å². The number of rotatable bonds is 7. The molecule has 1 N–H and O–H groups in total. The number of aromatic nitrogens is 2. The number of nitrogens with zero attached hydrogens (tertiary/aromatic N) is 2. The highest BCUT2D eigenvalue weighted by Gasteiger charge is 2.29. The van der Waals surface area contributed by atoms with Crippen molar-refractivity contribution in [3.05, 3.63) is 17.5 Å². The van der Waals surface area contributed by atoms with Crippen molar-refractivity contribution < 1.29 is 0 Å². The van der Waals surface area contributed by atoms with Crippen molar-refractivity contribution in [1.82, 2.24) is 15.1 Å². The molecule has 1 aromatic heterocycles. The molecule has 3 heteroatoms. The van der Waals surface area contributed by atoms with Crippen LogP contribution >= 0.6 is 0 Å². The average Bonchev–Trinajstić information content (AvgIpc) is 3.04. The Hall–Kier alpha value is -0.830. The van der Waals surface area contributed by atoms with Crippen LogP contribution in [0.1, 0.15) is 56.7 Å². The molecule has 1 aliphatic rings. The van der Waals surface area contributed by atoms with Crippen molar-refractivity contribution in [2.45, 2.75) is 58.5 Å². The molecule has 90 valence electrons. The van der Waals surface area contributed by atoms with E-state index >= 15 is 0 Å². The monoisotopic (exact) mass is 221 g/mol. The summed E-state index contributed by atoms with van der Waals surface area (Å²) < 4.78 is 2.22. The van der Waals surface area contributed by atoms with Crippen molar-refractivity contribution >= 4 is 0 Å². The van der Waals surface area contributed by atoms with E-state index in [9.17, 15) is 0 Å². The van der Waals surface area contributed by atoms with Gasteiger partial charge in [0.2, 0.25) is 0 Å². The summed E-state index contributed by atoms with van der Waals surface area (Å²) in [7, 11) is 0. The minimum atomic E-state index is 0.799. The minimum absolute atomic E-state index is 0.799. The zero-order valence-electron chi connectivity index (χ0n) is 10.5. The van der Waals surface area contributed by atoms with Crippen molar-refractivity contribution in [1.29, 1.82) is 0 Å². The third-order valence-electron chi connectivity index (χ3n) is 3.10. The van der Waals surface area contributed by atoms with Crippen LogP contribution in [0.25, 0.3) is 0 Å². The molecule has 0 radical (unpaired) electrons. The molecule has 1 saturated carbocycles. The first-order valence-electron chi connectivity index (χ1n) is 6.62. The van der Waals surface area contributed by atoms with Gasteiger partial charge in [0.05, 0.1) is 6.20 Å². The summed E-state index contributed by atoms with van der Waals surface area (Å²) in [4.78, 5) is 0. The van der Waals surface area contributed by atoms with E-state index in [1.807, 2.05) is 0 Å². The lowest BCUT2D eigenvalue weighted by Crippen LogP contribution is -2.15. The van der Waals surface area contributed by atoms with E-state index in [0.717, 1.165) is 25.6 Å². The van der Waals surface area contributed by atoms with Gasteiger partial charge < -0.3 is 5.32 Å². The van der Waals surface area contributed by atoms with Gasteiger partial charge in [0.15, 0.2) is 0 Å². The first kappa shape index (κ1) is 11.6. The summed E-state index contributed by atoms with van der Waals surface area (Å²) in [5.74, 6) is 0.799. The number of hydrogen-bond donors (Lipinski definition) is 1. The number of nitrogens with one attached hydrogen (secondary N) is 1. The lowest BCUT2D eigenvalue weighted by Gasteiger charge is -2.08. The van der Waals surface area contributed by atoms with Gasteiger partial charge in [0.1, 0.15) is 0 Å². The van der Waals surface area contributed by atoms with Crippen molar-refractivity contribution in [3.8, 4) is 0 Å². The lowest BCUT2D eigenvalue weighted by atomic mass is 10.1. The van der Waals surface area contributed by atoms with Crippen LogP contribution < -0.4 is 5.32 Å². The Morgan fingerprint density at radius 1 is 1.38 bits per heavy atom. The average molecular weight is 221 g/mol. The molecule has 16 heavy (non-hydrogen) atoms. The third kappa shape index (κ3) is 2.64. The number of aryl methyl sites for hydroxylation is 1. The fourth-order valence-electron chi connectivity index (χ4n) is 2.19. The molecule has 3 nitrogen and oxygen atoms in total. The topological polar surface area (TPSA) is 29.9 Å². The Kier molecular flexibility index (Phi) is 3.99. The van der Waals surface area contributed by atoms with Crippen LogP contribution in [0.5, 0.6) is 0 Å². The number of hydrogen-bond acceptors (Lipinski definition) is 2. The molecule has 1 aromatic rings. The molecule has 1 aliphatic carbocycles. The molecule has 0 aromatic carbocycles. The standard InChI is InChI=1S/C13H23N3/c1-3-7-14-9-12-10-15-16(8-4-2)13(12)11-5-6-11/h10-11,14H,3-9H2,1-2H3. The van der Waals surface area contributed by atoms with Crippen molar-refractivity contribution in [3.63, 3.8) is 0 Å². The summed E-state index contributed by atoms with van der Waals surface area (Å²) in [6.07, 6.45) is 7.14. The Balaban J connectivity index is 2.04. The SMILES string of the molecule is CCCNCc1cnn(CCC)c1C1CC1. The fraction of sp³-hybridized carbons (Fsp3) is 0.769. The zero-order valence-corrected chi connectivity index (χ0v) is 10.5. The Labute approximate surface area is 98.2 Å². The molecule has 0 amide bonds. The van der Waals surface area contributed by atoms with Gasteiger partial charge in [-0.25, -0.2) is 0 Å². The summed E-state index contributed by atoms with van der Waals surface area (Å²) >= 11 is 0. The van der Waals surface area contributed by atoms with Gasteiger partial charge in [0, 0.05) is 30.3 Å². The molecular weight excluding hydrogens is 198 g/mol. The first-order chi connectivity index (χ1) is 7.86. The van der Waals surface area contributed by atoms with Gasteiger partial charge >= 0.3 is 0 Å². The third-order valence-corrected chi connectivity index (χ3v) is 3.10. The molecule has 0 spiro atoms. The highest BCUT2D eigenvalue weighted by Crippen LogP contribution is 2.41. The Bertz CT molecular complexity index is 326. The maximum absolute atomic E-state index is 4.52. The Morgan fingerprint density at radius 2 is 2.19 bits per heavy atom. The highest BCUT2D eigenvalue weighted by molar-refractivity contribution is 5.25. The van der Waals surface area contributed by atoms with Crippen LogP contribution in [0, 0.1) is 0 Å². The molecule has 1 fully saturated rings. The van der Waals surface area contributed by atoms with Crippen LogP contribution in [0.2, 0.25) is 0 Å². The van der Waals surface area contributed by atoms with E-state index < -0.39 is 0 Å². The van der Waals surface area contributed by atoms with Crippen LogP contribution in [-0.4, -0.2) is 16.3 Å². The molecule has 0 unspecified atom stereocenters. The van der Waals surface area contributed by atoms with Crippen molar-refractivity contribution in [2.75, 3.05) is 6.54 Å². The maximum Gasteiger partial charge on any atom is 0.0537 e. The lowest BCUT2D eigenvalue weighted by molar-refractivity contribution is 0.571. The van der Waals surface area contributed by atoms with Crippen LogP contribution in [0.3, 0.4) is 0 Å². The molecule has 0 atom stereocenters. The summed E-state index contributed by atoms with van der Waals surface area (Å²) in [6.45, 7) is 7.58. The zero-order chi connectivity index (χ0) is 11.4. The molecule has 0 aliphatic heterocycles. The predicted octanol–water partition coefficient (Wildman–Crippen LogP) is 2.67. The van der Waals surface area contributed by atoms with Gasteiger partial charge in [-0.15, -0.1) is 0 Å². The molecule has 2 rings (SSSR count). The molecular formula is C13H23N3. The molecule has 1 heterocycles. The van der Waals surface area contributed by atoms with Gasteiger partial charge in [-0.2, -0.15) is 5.10 Å². The van der Waals surface area contributed by atoms with Gasteiger partial charge in [-0.05, 0) is 32.2 Å². The summed E-state index contributed by atoms with van der Waals surface area (Å²) in [6, 6.07) is 0. The molecule has 0 saturated heterocycles. The normalized spacial score (nSPS) is 15.6. The first-order valence-corrected chi connectivity index (χ1v) is 6.62. The Morgan fingerprint density at radius 3 is 2.81 bits per heavy atom. The van der Waals surface area contributed by atoms with E-state index in [1.54, 1.807) is 0 Å². The predicted molar refractivity (Wildman–Crippen MR) is 66.5 cm³/mol. The van der Waals surface area contributed by atoms with Crippen LogP contribution in [0.4, 0.5) is 0 Å². The second-order valence-electron chi connectivity index (χ2n) is 4.73. The van der Waals surface area contributed by atoms with Gasteiger partial charge in [-0.3, -0.25) is 4.68 Å². The van der Waals surface area contributed by atoms with Crippen LogP contribution in [-0.2, 0) is 13.1 Å². The van der Waals surface area contributed by atoms with E-state index in [1.165, 1.54) is 36.9 Å². The van der Waals surface area contributed by atoms with Gasteiger partial charge in [-0.1, -0.05) is 13.8 Å². The van der Waals surface area contributed by atoms with E-state index in [-0.39, 0.29) is 0 Å². The van der Waals surface area contributed by atoms with Crippen LogP contribution in [0.15, 0.2) is 6.20 Å². The smallest absolute Gasteiger partial charge is 0.0537 e. The summed E-state index contributed by atoms with van der Waals surface area (Å²) in [5, 5.41) is 8.00. The van der Waals surface area contributed by atoms with E-state index in [0.29, 0.717) is 0 Å². The maximum atomic E-state index is 4.52. The second kappa shape index (κ2) is 5.48. The minimum Gasteiger partial charge on any atom is -0.313 e. The largest absolute Gasteiger partial charge is 0.313 e. The van der Waals surface area contributed by atoms with E-state index in [4.69, 9.17) is 0 Å².